The van der Waals surface area contributed by atoms with Crippen LogP contribution in [0, 0.1) is 5.82 Å². The number of benzene rings is 3. The van der Waals surface area contributed by atoms with Crippen molar-refractivity contribution in [2.75, 3.05) is 25.6 Å². The van der Waals surface area contributed by atoms with E-state index >= 15 is 0 Å². The number of anilines is 1. The zero-order valence-corrected chi connectivity index (χ0v) is 17.0. The minimum Gasteiger partial charge on any atom is -0.497 e. The summed E-state index contributed by atoms with van der Waals surface area (Å²) in [5.74, 6) is -0.686. The van der Waals surface area contributed by atoms with Crippen LogP contribution in [0.4, 0.5) is 10.1 Å². The molecule has 0 atom stereocenters. The minimum absolute atomic E-state index is 0.0577. The summed E-state index contributed by atoms with van der Waals surface area (Å²) in [6.07, 6.45) is 0.545. The summed E-state index contributed by atoms with van der Waals surface area (Å²) in [6.45, 7) is -0.197. The lowest BCUT2D eigenvalue weighted by Crippen LogP contribution is -2.21. The Morgan fingerprint density at radius 2 is 1.65 bits per heavy atom. The maximum Gasteiger partial charge on any atom is 0.341 e. The summed E-state index contributed by atoms with van der Waals surface area (Å²) in [5.41, 5.74) is 1.26. The normalized spacial score (nSPS) is 10.3. The Morgan fingerprint density at radius 3 is 2.39 bits per heavy atom. The molecule has 0 aliphatic rings. The van der Waals surface area contributed by atoms with E-state index in [0.29, 0.717) is 6.42 Å². The summed E-state index contributed by atoms with van der Waals surface area (Å²) in [4.78, 5) is 24.5. The molecule has 0 radical (unpaired) electrons. The third-order valence-electron chi connectivity index (χ3n) is 4.40. The van der Waals surface area contributed by atoms with Gasteiger partial charge in [0.25, 0.3) is 5.91 Å². The van der Waals surface area contributed by atoms with E-state index in [0.717, 1.165) is 11.3 Å². The van der Waals surface area contributed by atoms with Gasteiger partial charge in [-0.05, 0) is 42.0 Å². The van der Waals surface area contributed by atoms with Gasteiger partial charge in [0.05, 0.1) is 19.4 Å². The van der Waals surface area contributed by atoms with Crippen LogP contribution in [0.1, 0.15) is 15.9 Å². The molecule has 0 fully saturated rings. The molecule has 3 aromatic carbocycles. The smallest absolute Gasteiger partial charge is 0.341 e. The molecule has 0 bridgehead atoms. The fourth-order valence-corrected chi connectivity index (χ4v) is 2.78. The molecular formula is C24H22FNO5. The molecule has 0 spiro atoms. The Balaban J connectivity index is 1.53. The van der Waals surface area contributed by atoms with Gasteiger partial charge in [0.2, 0.25) is 0 Å². The lowest BCUT2D eigenvalue weighted by Gasteiger charge is -2.12. The maximum absolute atomic E-state index is 13.6. The highest BCUT2D eigenvalue weighted by atomic mass is 19.1. The van der Waals surface area contributed by atoms with Gasteiger partial charge in [-0.2, -0.15) is 0 Å². The second-order valence-electron chi connectivity index (χ2n) is 6.55. The summed E-state index contributed by atoms with van der Waals surface area (Å²) in [5, 5.41) is 2.43. The van der Waals surface area contributed by atoms with Crippen molar-refractivity contribution in [3.63, 3.8) is 0 Å². The Kier molecular flexibility index (Phi) is 7.59. The lowest BCUT2D eigenvalue weighted by atomic mass is 10.1. The molecule has 0 saturated carbocycles. The van der Waals surface area contributed by atoms with Crippen molar-refractivity contribution in [3.05, 3.63) is 89.7 Å². The molecule has 0 heterocycles. The van der Waals surface area contributed by atoms with E-state index in [1.807, 2.05) is 24.3 Å². The Labute approximate surface area is 179 Å². The number of nitrogens with one attached hydrogen (secondary N) is 1. The highest BCUT2D eigenvalue weighted by Gasteiger charge is 2.15. The maximum atomic E-state index is 13.6. The number of methoxy groups -OCH3 is 1. The number of hydrogen-bond donors (Lipinski definition) is 1. The number of para-hydroxylation sites is 2. The molecule has 3 aromatic rings. The van der Waals surface area contributed by atoms with Gasteiger partial charge < -0.3 is 19.5 Å². The average molecular weight is 423 g/mol. The monoisotopic (exact) mass is 423 g/mol. The second kappa shape index (κ2) is 10.8. The van der Waals surface area contributed by atoms with Crippen LogP contribution >= 0.6 is 0 Å². The predicted octanol–water partition coefficient (Wildman–Crippen LogP) is 4.25. The highest BCUT2D eigenvalue weighted by molar-refractivity contribution is 5.94. The predicted molar refractivity (Wildman–Crippen MR) is 114 cm³/mol. The quantitative estimate of drug-likeness (QED) is 0.521. The molecule has 0 saturated heterocycles. The summed E-state index contributed by atoms with van der Waals surface area (Å²) in [7, 11) is 1.60. The molecule has 0 aromatic heterocycles. The zero-order valence-electron chi connectivity index (χ0n) is 17.0. The Hall–Kier alpha value is -3.87. The number of carbonyl (C=O) groups is 2. The van der Waals surface area contributed by atoms with Gasteiger partial charge in [0.15, 0.2) is 6.61 Å². The molecule has 7 heteroatoms. The van der Waals surface area contributed by atoms with E-state index in [1.165, 1.54) is 18.2 Å². The molecule has 0 aliphatic heterocycles. The van der Waals surface area contributed by atoms with E-state index in [4.69, 9.17) is 14.2 Å². The van der Waals surface area contributed by atoms with E-state index in [-0.39, 0.29) is 30.2 Å². The topological polar surface area (TPSA) is 73.9 Å². The number of amides is 1. The molecule has 1 amide bonds. The SMILES string of the molecule is COc1ccc(CCOC(=O)c2ccccc2OCC(=O)Nc2ccccc2F)cc1. The van der Waals surface area contributed by atoms with Crippen LogP contribution < -0.4 is 14.8 Å². The molecule has 3 rings (SSSR count). The van der Waals surface area contributed by atoms with Gasteiger partial charge in [-0.1, -0.05) is 36.4 Å². The van der Waals surface area contributed by atoms with Crippen molar-refractivity contribution < 1.29 is 28.2 Å². The molecule has 0 aliphatic carbocycles. The second-order valence-corrected chi connectivity index (χ2v) is 6.55. The number of rotatable bonds is 9. The molecule has 160 valence electrons. The van der Waals surface area contributed by atoms with Gasteiger partial charge in [-0.15, -0.1) is 0 Å². The fourth-order valence-electron chi connectivity index (χ4n) is 2.78. The minimum atomic E-state index is -0.557. The lowest BCUT2D eigenvalue weighted by molar-refractivity contribution is -0.118. The first-order chi connectivity index (χ1) is 15.1. The van der Waals surface area contributed by atoms with Crippen molar-refractivity contribution in [2.24, 2.45) is 0 Å². The molecule has 1 N–H and O–H groups in total. The largest absolute Gasteiger partial charge is 0.497 e. The summed E-state index contributed by atoms with van der Waals surface area (Å²) in [6, 6.07) is 19.8. The zero-order chi connectivity index (χ0) is 22.1. The van der Waals surface area contributed by atoms with Crippen molar-refractivity contribution in [3.8, 4) is 11.5 Å². The standard InChI is InChI=1S/C24H22FNO5/c1-29-18-12-10-17(11-13-18)14-15-30-24(28)19-6-2-5-9-22(19)31-16-23(27)26-21-8-4-3-7-20(21)25/h2-13H,14-16H2,1H3,(H,26,27). The number of hydrogen-bond acceptors (Lipinski definition) is 5. The van der Waals surface area contributed by atoms with Gasteiger partial charge >= 0.3 is 5.97 Å². The Bertz CT molecular complexity index is 1040. The first-order valence-electron chi connectivity index (χ1n) is 9.63. The van der Waals surface area contributed by atoms with Crippen molar-refractivity contribution in [1.82, 2.24) is 0 Å². The number of ether oxygens (including phenoxy) is 3. The van der Waals surface area contributed by atoms with Gasteiger partial charge in [-0.3, -0.25) is 4.79 Å². The van der Waals surface area contributed by atoms with E-state index in [2.05, 4.69) is 5.32 Å². The van der Waals surface area contributed by atoms with Gasteiger partial charge in [0, 0.05) is 6.42 Å². The average Bonchev–Trinajstić information content (AvgIpc) is 2.80. The van der Waals surface area contributed by atoms with Crippen LogP contribution in [-0.2, 0) is 16.0 Å². The van der Waals surface area contributed by atoms with E-state index < -0.39 is 17.7 Å². The molecular weight excluding hydrogens is 401 g/mol. The van der Waals surface area contributed by atoms with Crippen LogP contribution in [0.5, 0.6) is 11.5 Å². The third kappa shape index (κ3) is 6.30. The highest BCUT2D eigenvalue weighted by Crippen LogP contribution is 2.20. The number of halogens is 1. The van der Waals surface area contributed by atoms with Gasteiger partial charge in [0.1, 0.15) is 22.9 Å². The van der Waals surface area contributed by atoms with Crippen LogP contribution in [-0.4, -0.2) is 32.2 Å². The summed E-state index contributed by atoms with van der Waals surface area (Å²) < 4.78 is 29.6. The van der Waals surface area contributed by atoms with Crippen LogP contribution in [0.2, 0.25) is 0 Å². The fraction of sp³-hybridized carbons (Fsp3) is 0.167. The molecule has 31 heavy (non-hydrogen) atoms. The first-order valence-corrected chi connectivity index (χ1v) is 9.63. The summed E-state index contributed by atoms with van der Waals surface area (Å²) >= 11 is 0. The van der Waals surface area contributed by atoms with E-state index in [1.54, 1.807) is 37.4 Å². The van der Waals surface area contributed by atoms with E-state index in [9.17, 15) is 14.0 Å². The van der Waals surface area contributed by atoms with Crippen molar-refractivity contribution in [2.45, 2.75) is 6.42 Å². The third-order valence-corrected chi connectivity index (χ3v) is 4.40. The van der Waals surface area contributed by atoms with Crippen LogP contribution in [0.25, 0.3) is 0 Å². The van der Waals surface area contributed by atoms with Crippen molar-refractivity contribution >= 4 is 17.6 Å². The Morgan fingerprint density at radius 1 is 0.935 bits per heavy atom. The number of carbonyl (C=O) groups excluding carboxylic acids is 2. The van der Waals surface area contributed by atoms with Crippen LogP contribution in [0.15, 0.2) is 72.8 Å². The first kappa shape index (κ1) is 21.8. The molecule has 6 nitrogen and oxygen atoms in total. The molecule has 0 unspecified atom stereocenters. The van der Waals surface area contributed by atoms with Gasteiger partial charge in [-0.25, -0.2) is 9.18 Å². The van der Waals surface area contributed by atoms with Crippen LogP contribution in [0.3, 0.4) is 0 Å². The van der Waals surface area contributed by atoms with Crippen molar-refractivity contribution in [1.29, 1.82) is 0 Å². The number of esters is 1.